The molecule has 5 rings (SSSR count). The minimum Gasteiger partial charge on any atom is -0.497 e. The Bertz CT molecular complexity index is 1390. The van der Waals surface area contributed by atoms with Crippen LogP contribution in [-0.4, -0.2) is 69.8 Å². The first-order valence-corrected chi connectivity index (χ1v) is 12.8. The van der Waals surface area contributed by atoms with Crippen LogP contribution in [0, 0.1) is 12.3 Å². The lowest BCUT2D eigenvalue weighted by Crippen LogP contribution is -2.41. The van der Waals surface area contributed by atoms with Gasteiger partial charge in [-0.25, -0.2) is 4.68 Å². The van der Waals surface area contributed by atoms with Gasteiger partial charge in [0, 0.05) is 43.5 Å². The molecule has 214 valence electrons. The molecular weight excluding hydrogens is 531 g/mol. The summed E-state index contributed by atoms with van der Waals surface area (Å²) < 4.78 is 55.5. The number of nitrogens with one attached hydrogen (secondary N) is 1. The number of carboxylic acid groups (broad SMARTS) is 1. The third-order valence-electron chi connectivity index (χ3n) is 7.54. The van der Waals surface area contributed by atoms with Gasteiger partial charge in [0.15, 0.2) is 0 Å². The van der Waals surface area contributed by atoms with Crippen molar-refractivity contribution in [2.45, 2.75) is 44.5 Å². The van der Waals surface area contributed by atoms with E-state index >= 15 is 0 Å². The predicted octanol–water partition coefficient (Wildman–Crippen LogP) is 3.28. The number of anilines is 2. The molecule has 4 heterocycles. The number of aryl methyl sites for hydroxylation is 1. The second-order valence-corrected chi connectivity index (χ2v) is 10.3. The highest BCUT2D eigenvalue weighted by Crippen LogP contribution is 2.42. The lowest BCUT2D eigenvalue weighted by molar-refractivity contribution is -0.198. The largest absolute Gasteiger partial charge is 0.497 e. The molecule has 4 N–H and O–H groups in total. The first-order valence-electron chi connectivity index (χ1n) is 12.8. The molecule has 2 aromatic heterocycles. The smallest absolute Gasteiger partial charge is 0.429 e. The normalized spacial score (nSPS) is 19.5. The Morgan fingerprint density at radius 3 is 2.58 bits per heavy atom. The second-order valence-electron chi connectivity index (χ2n) is 10.3. The molecule has 0 bridgehead atoms. The SMILES string of the molecule is COc1ccc(C(Oc2cc(N3CCC4(CC3)CNC(C(=O)O)C4)nc(N)n2)C(F)(F)F)c(-n2ccc(C)n2)c1. The van der Waals surface area contributed by atoms with Crippen molar-refractivity contribution >= 4 is 17.7 Å². The van der Waals surface area contributed by atoms with Crippen molar-refractivity contribution in [3.63, 3.8) is 0 Å². The number of piperidine rings is 1. The molecule has 14 heteroatoms. The third-order valence-corrected chi connectivity index (χ3v) is 7.54. The van der Waals surface area contributed by atoms with E-state index in [2.05, 4.69) is 20.4 Å². The van der Waals surface area contributed by atoms with Gasteiger partial charge in [0.05, 0.1) is 18.5 Å². The van der Waals surface area contributed by atoms with Crippen molar-refractivity contribution in [3.05, 3.63) is 47.8 Å². The van der Waals surface area contributed by atoms with Crippen LogP contribution in [-0.2, 0) is 4.79 Å². The molecule has 2 fully saturated rings. The van der Waals surface area contributed by atoms with Crippen molar-refractivity contribution < 1.29 is 32.5 Å². The summed E-state index contributed by atoms with van der Waals surface area (Å²) in [6.07, 6.45) is -3.70. The maximum Gasteiger partial charge on any atom is 0.429 e. The molecule has 3 aromatic rings. The number of methoxy groups -OCH3 is 1. The van der Waals surface area contributed by atoms with Gasteiger partial charge in [-0.3, -0.25) is 4.79 Å². The highest BCUT2D eigenvalue weighted by molar-refractivity contribution is 5.74. The summed E-state index contributed by atoms with van der Waals surface area (Å²) >= 11 is 0. The first kappa shape index (κ1) is 27.5. The van der Waals surface area contributed by atoms with Gasteiger partial charge < -0.3 is 30.5 Å². The Morgan fingerprint density at radius 1 is 1.23 bits per heavy atom. The summed E-state index contributed by atoms with van der Waals surface area (Å²) in [7, 11) is 1.42. The fourth-order valence-electron chi connectivity index (χ4n) is 5.38. The van der Waals surface area contributed by atoms with Gasteiger partial charge in [0.1, 0.15) is 17.6 Å². The summed E-state index contributed by atoms with van der Waals surface area (Å²) in [5.74, 6) is -0.712. The number of rotatable bonds is 7. The van der Waals surface area contributed by atoms with Crippen LogP contribution < -0.4 is 25.4 Å². The third kappa shape index (κ3) is 5.62. The van der Waals surface area contributed by atoms with Crippen molar-refractivity contribution in [2.75, 3.05) is 37.4 Å². The number of ether oxygens (including phenoxy) is 2. The Morgan fingerprint density at radius 2 is 1.98 bits per heavy atom. The average molecular weight is 562 g/mol. The van der Waals surface area contributed by atoms with E-state index in [1.165, 1.54) is 36.1 Å². The van der Waals surface area contributed by atoms with Gasteiger partial charge in [0.2, 0.25) is 17.9 Å². The maximum atomic E-state index is 14.5. The number of benzene rings is 1. The number of nitrogen functional groups attached to an aromatic ring is 1. The fourth-order valence-corrected chi connectivity index (χ4v) is 5.38. The Balaban J connectivity index is 1.41. The molecule has 2 aliphatic rings. The number of hydrogen-bond donors (Lipinski definition) is 3. The van der Waals surface area contributed by atoms with Crippen LogP contribution in [0.4, 0.5) is 24.9 Å². The molecular formula is C26H30F3N7O4. The molecule has 1 aromatic carbocycles. The van der Waals surface area contributed by atoms with E-state index in [9.17, 15) is 23.1 Å². The molecule has 2 aliphatic heterocycles. The summed E-state index contributed by atoms with van der Waals surface area (Å²) in [4.78, 5) is 21.5. The molecule has 0 saturated carbocycles. The molecule has 0 radical (unpaired) electrons. The van der Waals surface area contributed by atoms with Crippen LogP contribution in [0.25, 0.3) is 5.69 Å². The lowest BCUT2D eigenvalue weighted by Gasteiger charge is -2.39. The Kier molecular flexibility index (Phi) is 7.21. The van der Waals surface area contributed by atoms with E-state index in [4.69, 9.17) is 15.2 Å². The highest BCUT2D eigenvalue weighted by atomic mass is 19.4. The zero-order valence-electron chi connectivity index (χ0n) is 22.0. The van der Waals surface area contributed by atoms with Gasteiger partial charge in [-0.05, 0) is 49.8 Å². The summed E-state index contributed by atoms with van der Waals surface area (Å²) in [5.41, 5.74) is 6.34. The topological polar surface area (TPSA) is 141 Å². The lowest BCUT2D eigenvalue weighted by atomic mass is 9.76. The van der Waals surface area contributed by atoms with Crippen LogP contribution in [0.2, 0.25) is 0 Å². The zero-order valence-corrected chi connectivity index (χ0v) is 22.0. The molecule has 2 unspecified atom stereocenters. The average Bonchev–Trinajstić information content (AvgIpc) is 3.53. The van der Waals surface area contributed by atoms with Gasteiger partial charge in [-0.2, -0.15) is 28.2 Å². The van der Waals surface area contributed by atoms with Crippen LogP contribution >= 0.6 is 0 Å². The number of carbonyl (C=O) groups is 1. The van der Waals surface area contributed by atoms with Crippen molar-refractivity contribution in [1.82, 2.24) is 25.1 Å². The summed E-state index contributed by atoms with van der Waals surface area (Å²) in [5, 5.41) is 16.7. The van der Waals surface area contributed by atoms with Crippen LogP contribution in [0.15, 0.2) is 36.5 Å². The Labute approximate surface area is 228 Å². The van der Waals surface area contributed by atoms with E-state index in [0.29, 0.717) is 56.2 Å². The quantitative estimate of drug-likeness (QED) is 0.394. The van der Waals surface area contributed by atoms with Gasteiger partial charge in [-0.15, -0.1) is 0 Å². The van der Waals surface area contributed by atoms with Crippen LogP contribution in [0.5, 0.6) is 11.6 Å². The van der Waals surface area contributed by atoms with E-state index < -0.39 is 24.3 Å². The first-order chi connectivity index (χ1) is 19.0. The number of carboxylic acids is 1. The number of halogens is 3. The number of aromatic nitrogens is 4. The predicted molar refractivity (Wildman–Crippen MR) is 139 cm³/mol. The fraction of sp³-hybridized carbons (Fsp3) is 0.462. The van der Waals surface area contributed by atoms with E-state index in [1.807, 2.05) is 4.90 Å². The maximum absolute atomic E-state index is 14.5. The van der Waals surface area contributed by atoms with Gasteiger partial charge >= 0.3 is 12.1 Å². The molecule has 11 nitrogen and oxygen atoms in total. The van der Waals surface area contributed by atoms with Crippen molar-refractivity contribution in [1.29, 1.82) is 0 Å². The molecule has 2 atom stereocenters. The molecule has 40 heavy (non-hydrogen) atoms. The van der Waals surface area contributed by atoms with Crippen LogP contribution in [0.3, 0.4) is 0 Å². The molecule has 0 amide bonds. The summed E-state index contributed by atoms with van der Waals surface area (Å²) in [6, 6.07) is 6.62. The molecule has 2 saturated heterocycles. The number of alkyl halides is 3. The number of aliphatic carboxylic acids is 1. The minimum atomic E-state index is -4.81. The van der Waals surface area contributed by atoms with Crippen molar-refractivity contribution in [2.24, 2.45) is 5.41 Å². The number of hydrogen-bond acceptors (Lipinski definition) is 9. The van der Waals surface area contributed by atoms with E-state index in [-0.39, 0.29) is 28.5 Å². The summed E-state index contributed by atoms with van der Waals surface area (Å²) in [6.45, 7) is 3.41. The highest BCUT2D eigenvalue weighted by Gasteiger charge is 2.46. The van der Waals surface area contributed by atoms with E-state index in [0.717, 1.165) is 0 Å². The number of nitrogens with two attached hydrogens (primary N) is 1. The monoisotopic (exact) mass is 561 g/mol. The van der Waals surface area contributed by atoms with Crippen molar-refractivity contribution in [3.8, 4) is 17.3 Å². The zero-order chi connectivity index (χ0) is 28.7. The standard InChI is InChI=1S/C26H30F3N7O4/c1-15-5-8-36(34-15)19-11-16(39-2)3-4-17(19)22(26(27,28)29)40-21-12-20(32-24(30)33-21)35-9-6-25(7-10-35)13-18(23(37)38)31-14-25/h3-5,8,11-12,18,22,31H,6-7,9-10,13-14H2,1-2H3,(H,37,38)(H2,30,32,33). The van der Waals surface area contributed by atoms with Crippen LogP contribution in [0.1, 0.15) is 36.6 Å². The minimum absolute atomic E-state index is 0.142. The van der Waals surface area contributed by atoms with Gasteiger partial charge in [0.25, 0.3) is 0 Å². The molecule has 1 spiro atoms. The van der Waals surface area contributed by atoms with E-state index in [1.54, 1.807) is 19.2 Å². The molecule has 0 aliphatic carbocycles. The number of nitrogens with zero attached hydrogens (tertiary/aromatic N) is 5. The van der Waals surface area contributed by atoms with Gasteiger partial charge in [-0.1, -0.05) is 0 Å². The second kappa shape index (κ2) is 10.5. The Hall–Kier alpha value is -4.07.